The smallest absolute Gasteiger partial charge is 0.225 e. The first kappa shape index (κ1) is 17.2. The molecule has 0 unspecified atom stereocenters. The molecule has 0 atom stereocenters. The number of hydrogen-bond acceptors (Lipinski definition) is 4. The summed E-state index contributed by atoms with van der Waals surface area (Å²) in [4.78, 5) is 19.7. The molecule has 1 amide bonds. The van der Waals surface area contributed by atoms with Crippen LogP contribution in [-0.2, 0) is 9.53 Å². The molecule has 0 bridgehead atoms. The molecule has 0 aromatic carbocycles. The summed E-state index contributed by atoms with van der Waals surface area (Å²) in [5.41, 5.74) is 0. The van der Waals surface area contributed by atoms with E-state index in [1.165, 1.54) is 19.3 Å². The van der Waals surface area contributed by atoms with E-state index in [4.69, 9.17) is 4.74 Å². The van der Waals surface area contributed by atoms with Crippen LogP contribution in [0.5, 0.6) is 0 Å². The van der Waals surface area contributed by atoms with Gasteiger partial charge in [0.2, 0.25) is 5.91 Å². The minimum Gasteiger partial charge on any atom is -0.380 e. The number of carbonyl (C=O) groups is 1. The van der Waals surface area contributed by atoms with Gasteiger partial charge in [0.25, 0.3) is 0 Å². The second kappa shape index (κ2) is 8.45. The van der Waals surface area contributed by atoms with E-state index >= 15 is 0 Å². The topological polar surface area (TPSA) is 36.0 Å². The molecule has 0 aromatic rings. The maximum absolute atomic E-state index is 12.5. The average molecular weight is 323 g/mol. The summed E-state index contributed by atoms with van der Waals surface area (Å²) in [6, 6.07) is 0.655. The van der Waals surface area contributed by atoms with Gasteiger partial charge in [-0.15, -0.1) is 0 Å². The molecule has 0 aromatic heterocycles. The van der Waals surface area contributed by atoms with Crippen molar-refractivity contribution in [1.29, 1.82) is 0 Å². The zero-order valence-electron chi connectivity index (χ0n) is 14.7. The van der Waals surface area contributed by atoms with Crippen LogP contribution in [0.4, 0.5) is 0 Å². The quantitative estimate of drug-likeness (QED) is 0.693. The first-order valence-corrected chi connectivity index (χ1v) is 9.61. The van der Waals surface area contributed by atoms with Crippen LogP contribution >= 0.6 is 0 Å². The molecule has 1 saturated carbocycles. The summed E-state index contributed by atoms with van der Waals surface area (Å²) >= 11 is 0. The van der Waals surface area contributed by atoms with E-state index in [1.807, 2.05) is 0 Å². The van der Waals surface area contributed by atoms with E-state index in [2.05, 4.69) is 21.6 Å². The fourth-order valence-electron chi connectivity index (χ4n) is 4.15. The molecule has 0 N–H and O–H groups in total. The lowest BCUT2D eigenvalue weighted by Gasteiger charge is -2.47. The van der Waals surface area contributed by atoms with Crippen molar-refractivity contribution in [2.75, 3.05) is 59.0 Å². The highest BCUT2D eigenvalue weighted by molar-refractivity contribution is 5.80. The van der Waals surface area contributed by atoms with Gasteiger partial charge in [-0.25, -0.2) is 0 Å². The molecule has 5 heteroatoms. The highest BCUT2D eigenvalue weighted by atomic mass is 16.5. The van der Waals surface area contributed by atoms with E-state index < -0.39 is 0 Å². The number of ether oxygens (including phenoxy) is 1. The average Bonchev–Trinajstić information content (AvgIpc) is 2.56. The van der Waals surface area contributed by atoms with Crippen molar-refractivity contribution >= 4 is 5.91 Å². The molecule has 5 nitrogen and oxygen atoms in total. The SMILES string of the molecule is CCOCCN1CCN(C2CC(C(=O)N3CCCCC3)C2)CC1. The van der Waals surface area contributed by atoms with Gasteiger partial charge in [-0.2, -0.15) is 0 Å². The molecular formula is C18H33N3O2. The Morgan fingerprint density at radius 2 is 1.70 bits per heavy atom. The standard InChI is InChI=1S/C18H33N3O2/c1-2-23-13-12-19-8-10-20(11-9-19)17-14-16(15-17)18(22)21-6-4-3-5-7-21/h16-17H,2-15H2,1H3. The van der Waals surface area contributed by atoms with E-state index in [0.29, 0.717) is 17.9 Å². The van der Waals surface area contributed by atoms with E-state index in [1.54, 1.807) is 0 Å². The number of rotatable bonds is 6. The Morgan fingerprint density at radius 1 is 1.00 bits per heavy atom. The van der Waals surface area contributed by atoms with Crippen LogP contribution in [0.15, 0.2) is 0 Å². The summed E-state index contributed by atoms with van der Waals surface area (Å²) in [6.45, 7) is 11.4. The molecule has 3 fully saturated rings. The minimum absolute atomic E-state index is 0.314. The number of hydrogen-bond donors (Lipinski definition) is 0. The van der Waals surface area contributed by atoms with E-state index in [9.17, 15) is 4.79 Å². The van der Waals surface area contributed by atoms with Crippen molar-refractivity contribution < 1.29 is 9.53 Å². The normalized spacial score (nSPS) is 30.2. The maximum Gasteiger partial charge on any atom is 0.225 e. The van der Waals surface area contributed by atoms with Gasteiger partial charge in [0.1, 0.15) is 0 Å². The summed E-state index contributed by atoms with van der Waals surface area (Å²) in [6.07, 6.45) is 5.88. The van der Waals surface area contributed by atoms with Crippen LogP contribution in [-0.4, -0.2) is 85.7 Å². The largest absolute Gasteiger partial charge is 0.380 e. The summed E-state index contributed by atoms with van der Waals surface area (Å²) in [5.74, 6) is 0.755. The number of nitrogens with zero attached hydrogens (tertiary/aromatic N) is 3. The molecule has 3 aliphatic rings. The minimum atomic E-state index is 0.314. The number of carbonyl (C=O) groups excluding carboxylic acids is 1. The Hall–Kier alpha value is -0.650. The first-order chi connectivity index (χ1) is 11.3. The third kappa shape index (κ3) is 4.46. The van der Waals surface area contributed by atoms with Crippen LogP contribution in [0.3, 0.4) is 0 Å². The number of likely N-dealkylation sites (tertiary alicyclic amines) is 1. The molecule has 0 spiro atoms. The molecule has 1 aliphatic carbocycles. The number of piperidine rings is 1. The Balaban J connectivity index is 1.33. The van der Waals surface area contributed by atoms with Crippen LogP contribution in [0.2, 0.25) is 0 Å². The fraction of sp³-hybridized carbons (Fsp3) is 0.944. The molecule has 0 radical (unpaired) electrons. The molecule has 3 rings (SSSR count). The Bertz CT molecular complexity index is 370. The summed E-state index contributed by atoms with van der Waals surface area (Å²) < 4.78 is 5.44. The Morgan fingerprint density at radius 3 is 2.35 bits per heavy atom. The van der Waals surface area contributed by atoms with Crippen molar-refractivity contribution in [2.45, 2.75) is 45.1 Å². The van der Waals surface area contributed by atoms with Crippen molar-refractivity contribution in [2.24, 2.45) is 5.92 Å². The van der Waals surface area contributed by atoms with Gasteiger partial charge < -0.3 is 9.64 Å². The zero-order chi connectivity index (χ0) is 16.1. The predicted octanol–water partition coefficient (Wildman–Crippen LogP) is 1.43. The summed E-state index contributed by atoms with van der Waals surface area (Å²) in [7, 11) is 0. The van der Waals surface area contributed by atoms with Crippen molar-refractivity contribution in [1.82, 2.24) is 14.7 Å². The molecule has 2 aliphatic heterocycles. The number of piperazine rings is 1. The van der Waals surface area contributed by atoms with Gasteiger partial charge in [0, 0.05) is 64.4 Å². The van der Waals surface area contributed by atoms with Crippen molar-refractivity contribution in [3.05, 3.63) is 0 Å². The van der Waals surface area contributed by atoms with Crippen LogP contribution in [0, 0.1) is 5.92 Å². The molecular weight excluding hydrogens is 290 g/mol. The second-order valence-corrected chi connectivity index (χ2v) is 7.28. The first-order valence-electron chi connectivity index (χ1n) is 9.61. The lowest BCUT2D eigenvalue weighted by molar-refractivity contribution is -0.142. The van der Waals surface area contributed by atoms with Gasteiger partial charge in [-0.3, -0.25) is 14.6 Å². The van der Waals surface area contributed by atoms with E-state index in [-0.39, 0.29) is 0 Å². The Labute approximate surface area is 140 Å². The van der Waals surface area contributed by atoms with Gasteiger partial charge >= 0.3 is 0 Å². The molecule has 23 heavy (non-hydrogen) atoms. The van der Waals surface area contributed by atoms with Gasteiger partial charge in [-0.05, 0) is 39.0 Å². The highest BCUT2D eigenvalue weighted by Crippen LogP contribution is 2.34. The van der Waals surface area contributed by atoms with Gasteiger partial charge in [-0.1, -0.05) is 0 Å². The van der Waals surface area contributed by atoms with Crippen molar-refractivity contribution in [3.8, 4) is 0 Å². The van der Waals surface area contributed by atoms with Gasteiger partial charge in [0.15, 0.2) is 0 Å². The second-order valence-electron chi connectivity index (χ2n) is 7.28. The zero-order valence-corrected chi connectivity index (χ0v) is 14.7. The molecule has 132 valence electrons. The van der Waals surface area contributed by atoms with Gasteiger partial charge in [0.05, 0.1) is 6.61 Å². The maximum atomic E-state index is 12.5. The molecule has 2 saturated heterocycles. The van der Waals surface area contributed by atoms with Crippen LogP contribution in [0.1, 0.15) is 39.0 Å². The van der Waals surface area contributed by atoms with E-state index in [0.717, 1.165) is 71.9 Å². The third-order valence-electron chi connectivity index (χ3n) is 5.81. The van der Waals surface area contributed by atoms with Crippen molar-refractivity contribution in [3.63, 3.8) is 0 Å². The Kier molecular flexibility index (Phi) is 6.31. The van der Waals surface area contributed by atoms with Crippen LogP contribution < -0.4 is 0 Å². The monoisotopic (exact) mass is 323 g/mol. The third-order valence-corrected chi connectivity index (χ3v) is 5.81. The fourth-order valence-corrected chi connectivity index (χ4v) is 4.15. The molecule has 2 heterocycles. The predicted molar refractivity (Wildman–Crippen MR) is 91.4 cm³/mol. The lowest BCUT2D eigenvalue weighted by Crippen LogP contribution is -2.56. The lowest BCUT2D eigenvalue weighted by atomic mass is 9.78. The number of amides is 1. The van der Waals surface area contributed by atoms with Crippen LogP contribution in [0.25, 0.3) is 0 Å². The highest BCUT2D eigenvalue weighted by Gasteiger charge is 2.40. The summed E-state index contributed by atoms with van der Waals surface area (Å²) in [5, 5.41) is 0.